The Labute approximate surface area is 157 Å². The van der Waals surface area contributed by atoms with Gasteiger partial charge in [-0.05, 0) is 55.5 Å². The van der Waals surface area contributed by atoms with Crippen molar-refractivity contribution in [2.45, 2.75) is 25.7 Å². The number of likely N-dealkylation sites (tertiary alicyclic amines) is 1. The second kappa shape index (κ2) is 8.53. The summed E-state index contributed by atoms with van der Waals surface area (Å²) < 4.78 is 5.06. The third kappa shape index (κ3) is 4.97. The van der Waals surface area contributed by atoms with Crippen molar-refractivity contribution >= 4 is 23.5 Å². The Morgan fingerprint density at radius 1 is 1.22 bits per heavy atom. The number of amides is 2. The average molecular weight is 370 g/mol. The zero-order valence-corrected chi connectivity index (χ0v) is 14.9. The number of hydrogen-bond donors (Lipinski definition) is 2. The SMILES string of the molecule is O=C(O)CCC1CCCN(C(=O)c2cccc(NC(=O)c3ccco3)c2)C1. The molecule has 1 atom stereocenters. The number of rotatable bonds is 6. The van der Waals surface area contributed by atoms with Crippen molar-refractivity contribution in [3.63, 3.8) is 0 Å². The van der Waals surface area contributed by atoms with Crippen LogP contribution in [0.4, 0.5) is 5.69 Å². The first-order valence-corrected chi connectivity index (χ1v) is 8.99. The number of carbonyl (C=O) groups excluding carboxylic acids is 2. The van der Waals surface area contributed by atoms with Crippen LogP contribution < -0.4 is 5.32 Å². The third-order valence-corrected chi connectivity index (χ3v) is 4.69. The Morgan fingerprint density at radius 3 is 2.81 bits per heavy atom. The lowest BCUT2D eigenvalue weighted by Crippen LogP contribution is -2.40. The van der Waals surface area contributed by atoms with Gasteiger partial charge in [-0.25, -0.2) is 0 Å². The van der Waals surface area contributed by atoms with Gasteiger partial charge in [-0.3, -0.25) is 14.4 Å². The van der Waals surface area contributed by atoms with Crippen LogP contribution in [0.1, 0.15) is 46.6 Å². The fraction of sp³-hybridized carbons (Fsp3) is 0.350. The Balaban J connectivity index is 1.64. The number of piperidine rings is 1. The molecule has 1 saturated heterocycles. The number of furan rings is 1. The molecule has 1 aromatic carbocycles. The van der Waals surface area contributed by atoms with Gasteiger partial charge < -0.3 is 19.7 Å². The van der Waals surface area contributed by atoms with Crippen molar-refractivity contribution in [3.05, 3.63) is 54.0 Å². The molecule has 142 valence electrons. The van der Waals surface area contributed by atoms with Gasteiger partial charge in [0.1, 0.15) is 0 Å². The van der Waals surface area contributed by atoms with E-state index in [0.717, 1.165) is 12.8 Å². The number of aliphatic carboxylic acids is 1. The molecule has 7 heteroatoms. The normalized spacial score (nSPS) is 16.7. The van der Waals surface area contributed by atoms with Crippen molar-refractivity contribution in [3.8, 4) is 0 Å². The van der Waals surface area contributed by atoms with Crippen LogP contribution in [0.2, 0.25) is 0 Å². The Morgan fingerprint density at radius 2 is 2.07 bits per heavy atom. The second-order valence-corrected chi connectivity index (χ2v) is 6.70. The van der Waals surface area contributed by atoms with Gasteiger partial charge in [-0.2, -0.15) is 0 Å². The van der Waals surface area contributed by atoms with E-state index in [-0.39, 0.29) is 29.9 Å². The highest BCUT2D eigenvalue weighted by molar-refractivity contribution is 6.03. The van der Waals surface area contributed by atoms with E-state index in [0.29, 0.717) is 30.8 Å². The molecule has 27 heavy (non-hydrogen) atoms. The summed E-state index contributed by atoms with van der Waals surface area (Å²) >= 11 is 0. The van der Waals surface area contributed by atoms with Gasteiger partial charge in [0, 0.05) is 30.8 Å². The van der Waals surface area contributed by atoms with E-state index in [9.17, 15) is 14.4 Å². The summed E-state index contributed by atoms with van der Waals surface area (Å²) in [5.74, 6) is -0.886. The second-order valence-electron chi connectivity index (χ2n) is 6.70. The zero-order valence-electron chi connectivity index (χ0n) is 14.9. The number of nitrogens with zero attached hydrogens (tertiary/aromatic N) is 1. The van der Waals surface area contributed by atoms with Gasteiger partial charge in [0.15, 0.2) is 5.76 Å². The minimum absolute atomic E-state index is 0.107. The average Bonchev–Trinajstić information content (AvgIpc) is 3.21. The molecule has 1 aliphatic rings. The lowest BCUT2D eigenvalue weighted by Gasteiger charge is -2.32. The fourth-order valence-corrected chi connectivity index (χ4v) is 3.33. The maximum Gasteiger partial charge on any atom is 0.303 e. The van der Waals surface area contributed by atoms with Crippen molar-refractivity contribution < 1.29 is 23.9 Å². The molecule has 1 fully saturated rings. The van der Waals surface area contributed by atoms with Crippen LogP contribution in [-0.2, 0) is 4.79 Å². The highest BCUT2D eigenvalue weighted by Crippen LogP contribution is 2.23. The van der Waals surface area contributed by atoms with Gasteiger partial charge in [0.2, 0.25) is 0 Å². The Kier molecular flexibility index (Phi) is 5.90. The molecule has 1 aromatic heterocycles. The topological polar surface area (TPSA) is 99.9 Å². The molecular weight excluding hydrogens is 348 g/mol. The fourth-order valence-electron chi connectivity index (χ4n) is 3.33. The number of anilines is 1. The van der Waals surface area contributed by atoms with Gasteiger partial charge in [-0.1, -0.05) is 6.07 Å². The quantitative estimate of drug-likeness (QED) is 0.813. The van der Waals surface area contributed by atoms with Crippen LogP contribution in [0.3, 0.4) is 0 Å². The maximum atomic E-state index is 12.8. The minimum Gasteiger partial charge on any atom is -0.481 e. The number of carboxylic acids is 1. The van der Waals surface area contributed by atoms with E-state index in [1.54, 1.807) is 41.3 Å². The predicted octanol–water partition coefficient (Wildman–Crippen LogP) is 3.25. The molecule has 2 amide bonds. The van der Waals surface area contributed by atoms with Crippen LogP contribution in [0.15, 0.2) is 47.1 Å². The molecule has 0 saturated carbocycles. The number of nitrogens with one attached hydrogen (secondary N) is 1. The maximum absolute atomic E-state index is 12.8. The number of carboxylic acid groups (broad SMARTS) is 1. The third-order valence-electron chi connectivity index (χ3n) is 4.69. The minimum atomic E-state index is -0.807. The molecule has 2 heterocycles. The molecule has 1 aliphatic heterocycles. The van der Waals surface area contributed by atoms with Crippen LogP contribution in [0, 0.1) is 5.92 Å². The van der Waals surface area contributed by atoms with Crippen molar-refractivity contribution in [2.75, 3.05) is 18.4 Å². The van der Waals surface area contributed by atoms with Crippen LogP contribution in [-0.4, -0.2) is 40.9 Å². The molecule has 1 unspecified atom stereocenters. The van der Waals surface area contributed by atoms with Gasteiger partial charge in [0.25, 0.3) is 11.8 Å². The molecule has 0 aliphatic carbocycles. The number of benzene rings is 1. The summed E-state index contributed by atoms with van der Waals surface area (Å²) in [6, 6.07) is 9.98. The summed E-state index contributed by atoms with van der Waals surface area (Å²) in [6.07, 6.45) is 3.94. The smallest absolute Gasteiger partial charge is 0.303 e. The zero-order chi connectivity index (χ0) is 19.2. The highest BCUT2D eigenvalue weighted by atomic mass is 16.4. The lowest BCUT2D eigenvalue weighted by atomic mass is 9.93. The van der Waals surface area contributed by atoms with Gasteiger partial charge in [0.05, 0.1) is 6.26 Å². The van der Waals surface area contributed by atoms with E-state index in [2.05, 4.69) is 5.32 Å². The number of hydrogen-bond acceptors (Lipinski definition) is 4. The van der Waals surface area contributed by atoms with Gasteiger partial charge in [-0.15, -0.1) is 0 Å². The van der Waals surface area contributed by atoms with Crippen LogP contribution in [0.25, 0.3) is 0 Å². The number of carbonyl (C=O) groups is 3. The molecule has 7 nitrogen and oxygen atoms in total. The first kappa shape index (κ1) is 18.7. The van der Waals surface area contributed by atoms with E-state index in [1.807, 2.05) is 0 Å². The Bertz CT molecular complexity index is 816. The van der Waals surface area contributed by atoms with Crippen molar-refractivity contribution in [1.29, 1.82) is 0 Å². The predicted molar refractivity (Wildman–Crippen MR) is 98.6 cm³/mol. The summed E-state index contributed by atoms with van der Waals surface area (Å²) in [7, 11) is 0. The summed E-state index contributed by atoms with van der Waals surface area (Å²) in [6.45, 7) is 1.22. The Hall–Kier alpha value is -3.09. The molecule has 3 rings (SSSR count). The monoisotopic (exact) mass is 370 g/mol. The lowest BCUT2D eigenvalue weighted by molar-refractivity contribution is -0.137. The first-order valence-electron chi connectivity index (χ1n) is 8.99. The van der Waals surface area contributed by atoms with Gasteiger partial charge >= 0.3 is 5.97 Å². The molecule has 2 aromatic rings. The summed E-state index contributed by atoms with van der Waals surface area (Å²) in [4.78, 5) is 37.4. The van der Waals surface area contributed by atoms with E-state index < -0.39 is 5.97 Å². The molecule has 2 N–H and O–H groups in total. The van der Waals surface area contributed by atoms with Crippen molar-refractivity contribution in [2.24, 2.45) is 5.92 Å². The van der Waals surface area contributed by atoms with Crippen LogP contribution in [0.5, 0.6) is 0 Å². The van der Waals surface area contributed by atoms with Crippen LogP contribution >= 0.6 is 0 Å². The largest absolute Gasteiger partial charge is 0.481 e. The molecule has 0 radical (unpaired) electrons. The molecule has 0 bridgehead atoms. The van der Waals surface area contributed by atoms with E-state index in [4.69, 9.17) is 9.52 Å². The molecular formula is C20H22N2O5. The van der Waals surface area contributed by atoms with E-state index >= 15 is 0 Å². The summed E-state index contributed by atoms with van der Waals surface area (Å²) in [5, 5.41) is 11.6. The highest BCUT2D eigenvalue weighted by Gasteiger charge is 2.25. The summed E-state index contributed by atoms with van der Waals surface area (Å²) in [5.41, 5.74) is 1.01. The first-order chi connectivity index (χ1) is 13.0. The van der Waals surface area contributed by atoms with Crippen molar-refractivity contribution in [1.82, 2.24) is 4.90 Å². The standard InChI is InChI=1S/C20H22N2O5/c23-18(24)9-8-14-4-2-10-22(13-14)20(26)15-5-1-6-16(12-15)21-19(25)17-7-3-11-27-17/h1,3,5-7,11-12,14H,2,4,8-10,13H2,(H,21,25)(H,23,24). The van der Waals surface area contributed by atoms with E-state index in [1.165, 1.54) is 6.26 Å². The molecule has 0 spiro atoms.